The lowest BCUT2D eigenvalue weighted by molar-refractivity contribution is -0.141. The van der Waals surface area contributed by atoms with Crippen LogP contribution in [0.4, 0.5) is 0 Å². The van der Waals surface area contributed by atoms with Gasteiger partial charge in [0.05, 0.1) is 24.0 Å². The van der Waals surface area contributed by atoms with Crippen molar-refractivity contribution >= 4 is 15.7 Å². The summed E-state index contributed by atoms with van der Waals surface area (Å²) in [6.07, 6.45) is 1.03. The van der Waals surface area contributed by atoms with E-state index < -0.39 is 15.8 Å². The van der Waals surface area contributed by atoms with Crippen LogP contribution in [-0.2, 0) is 24.2 Å². The number of hydroxylamine groups is 1. The minimum atomic E-state index is -3.02. The molecule has 0 aromatic heterocycles. The van der Waals surface area contributed by atoms with Crippen LogP contribution in [0.25, 0.3) is 0 Å². The zero-order chi connectivity index (χ0) is 11.6. The summed E-state index contributed by atoms with van der Waals surface area (Å²) >= 11 is 0. The fourth-order valence-electron chi connectivity index (χ4n) is 1.83. The second-order valence-electron chi connectivity index (χ2n) is 4.17. The first-order valence-corrected chi connectivity index (χ1v) is 7.13. The van der Waals surface area contributed by atoms with Crippen LogP contribution in [0.1, 0.15) is 12.8 Å². The second-order valence-corrected chi connectivity index (χ2v) is 6.40. The van der Waals surface area contributed by atoms with Crippen molar-refractivity contribution in [1.82, 2.24) is 5.48 Å². The third-order valence-corrected chi connectivity index (χ3v) is 4.59. The summed E-state index contributed by atoms with van der Waals surface area (Å²) in [6.45, 7) is 1.11. The zero-order valence-electron chi connectivity index (χ0n) is 8.85. The summed E-state index contributed by atoms with van der Waals surface area (Å²) in [7, 11) is -3.02. The number of nitrogens with one attached hydrogen (secondary N) is 1. The molecule has 92 valence electrons. The molecule has 7 heteroatoms. The molecule has 0 radical (unpaired) electrons. The molecule has 0 bridgehead atoms. The molecule has 16 heavy (non-hydrogen) atoms. The Kier molecular flexibility index (Phi) is 3.46. The van der Waals surface area contributed by atoms with Gasteiger partial charge in [-0.25, -0.2) is 13.9 Å². The van der Waals surface area contributed by atoms with E-state index in [9.17, 15) is 13.2 Å². The number of rotatable bonds is 3. The van der Waals surface area contributed by atoms with Gasteiger partial charge in [0.2, 0.25) is 5.91 Å². The minimum absolute atomic E-state index is 0.0661. The van der Waals surface area contributed by atoms with E-state index in [4.69, 9.17) is 9.57 Å². The van der Waals surface area contributed by atoms with Gasteiger partial charge in [0.1, 0.15) is 6.10 Å². The maximum absolute atomic E-state index is 11.5. The molecule has 1 amide bonds. The average Bonchev–Trinajstić information content (AvgIpc) is 2.83. The lowest BCUT2D eigenvalue weighted by Crippen LogP contribution is -2.35. The van der Waals surface area contributed by atoms with Crippen molar-refractivity contribution in [1.29, 1.82) is 0 Å². The standard InChI is InChI=1S/C9H15NO5S/c11-9(7-2-4-16(12,13)6-7)10-15-8-1-3-14-5-8/h7-8H,1-6H2,(H,10,11). The third kappa shape index (κ3) is 2.93. The zero-order valence-corrected chi connectivity index (χ0v) is 9.66. The molecule has 2 rings (SSSR count). The highest BCUT2D eigenvalue weighted by molar-refractivity contribution is 7.91. The molecule has 2 atom stereocenters. The number of sulfone groups is 1. The van der Waals surface area contributed by atoms with Gasteiger partial charge in [-0.05, 0) is 6.42 Å². The summed E-state index contributed by atoms with van der Waals surface area (Å²) < 4.78 is 27.4. The predicted octanol–water partition coefficient (Wildman–Crippen LogP) is -0.742. The van der Waals surface area contributed by atoms with Crippen LogP contribution in [0.3, 0.4) is 0 Å². The van der Waals surface area contributed by atoms with Crippen LogP contribution < -0.4 is 5.48 Å². The Labute approximate surface area is 94.2 Å². The normalized spacial score (nSPS) is 32.8. The van der Waals surface area contributed by atoms with Crippen LogP contribution in [0.2, 0.25) is 0 Å². The highest BCUT2D eigenvalue weighted by Gasteiger charge is 2.33. The number of carbonyl (C=O) groups excluding carboxylic acids is 1. The van der Waals surface area contributed by atoms with E-state index in [2.05, 4.69) is 5.48 Å². The van der Waals surface area contributed by atoms with Gasteiger partial charge in [-0.15, -0.1) is 0 Å². The van der Waals surface area contributed by atoms with Crippen molar-refractivity contribution in [2.24, 2.45) is 5.92 Å². The molecule has 2 aliphatic rings. The lowest BCUT2D eigenvalue weighted by atomic mass is 10.1. The van der Waals surface area contributed by atoms with E-state index in [1.54, 1.807) is 0 Å². The van der Waals surface area contributed by atoms with Crippen molar-refractivity contribution in [3.05, 3.63) is 0 Å². The van der Waals surface area contributed by atoms with Crippen molar-refractivity contribution < 1.29 is 22.8 Å². The van der Waals surface area contributed by atoms with Crippen LogP contribution >= 0.6 is 0 Å². The molecule has 0 aromatic carbocycles. The van der Waals surface area contributed by atoms with Gasteiger partial charge in [0.15, 0.2) is 9.84 Å². The summed E-state index contributed by atoms with van der Waals surface area (Å²) in [5, 5.41) is 0. The minimum Gasteiger partial charge on any atom is -0.379 e. The van der Waals surface area contributed by atoms with Crippen molar-refractivity contribution in [3.8, 4) is 0 Å². The van der Waals surface area contributed by atoms with Gasteiger partial charge < -0.3 is 4.74 Å². The first-order chi connectivity index (χ1) is 7.57. The monoisotopic (exact) mass is 249 g/mol. The Balaban J connectivity index is 1.76. The van der Waals surface area contributed by atoms with Gasteiger partial charge in [-0.3, -0.25) is 9.63 Å². The number of ether oxygens (including phenoxy) is 1. The molecule has 1 N–H and O–H groups in total. The fourth-order valence-corrected chi connectivity index (χ4v) is 3.57. The first-order valence-electron chi connectivity index (χ1n) is 5.30. The summed E-state index contributed by atoms with van der Waals surface area (Å²) in [4.78, 5) is 16.7. The molecule has 2 fully saturated rings. The lowest BCUT2D eigenvalue weighted by Gasteiger charge is -2.12. The van der Waals surface area contributed by atoms with Gasteiger partial charge in [-0.1, -0.05) is 0 Å². The van der Waals surface area contributed by atoms with Gasteiger partial charge >= 0.3 is 0 Å². The highest BCUT2D eigenvalue weighted by atomic mass is 32.2. The van der Waals surface area contributed by atoms with Crippen LogP contribution in [0.5, 0.6) is 0 Å². The molecule has 0 aliphatic carbocycles. The van der Waals surface area contributed by atoms with Crippen molar-refractivity contribution in [3.63, 3.8) is 0 Å². The summed E-state index contributed by atoms with van der Waals surface area (Å²) in [6, 6.07) is 0. The van der Waals surface area contributed by atoms with Gasteiger partial charge in [0.25, 0.3) is 0 Å². The Morgan fingerprint density at radius 1 is 1.38 bits per heavy atom. The van der Waals surface area contributed by atoms with Crippen LogP contribution in [0.15, 0.2) is 0 Å². The quantitative estimate of drug-likeness (QED) is 0.666. The molecular weight excluding hydrogens is 234 g/mol. The van der Waals surface area contributed by atoms with Gasteiger partial charge in [0, 0.05) is 13.0 Å². The SMILES string of the molecule is O=C(NOC1CCOC1)C1CCS(=O)(=O)C1. The Morgan fingerprint density at radius 3 is 2.75 bits per heavy atom. The molecule has 2 saturated heterocycles. The number of hydrogen-bond donors (Lipinski definition) is 1. The molecule has 2 heterocycles. The number of carbonyl (C=O) groups is 1. The molecule has 0 spiro atoms. The summed E-state index contributed by atoms with van der Waals surface area (Å²) in [5.41, 5.74) is 2.32. The van der Waals surface area contributed by atoms with E-state index in [0.29, 0.717) is 19.6 Å². The van der Waals surface area contributed by atoms with Crippen molar-refractivity contribution in [2.75, 3.05) is 24.7 Å². The van der Waals surface area contributed by atoms with E-state index in [0.717, 1.165) is 6.42 Å². The maximum atomic E-state index is 11.5. The van der Waals surface area contributed by atoms with E-state index in [1.807, 2.05) is 0 Å². The number of amides is 1. The molecule has 2 unspecified atom stereocenters. The average molecular weight is 249 g/mol. The van der Waals surface area contributed by atoms with Gasteiger partial charge in [-0.2, -0.15) is 0 Å². The Hall–Kier alpha value is -0.660. The van der Waals surface area contributed by atoms with E-state index >= 15 is 0 Å². The maximum Gasteiger partial charge on any atom is 0.247 e. The first kappa shape index (κ1) is 11.8. The van der Waals surface area contributed by atoms with Crippen LogP contribution in [0, 0.1) is 5.92 Å². The number of hydrogen-bond acceptors (Lipinski definition) is 5. The molecule has 2 aliphatic heterocycles. The van der Waals surface area contributed by atoms with Crippen molar-refractivity contribution in [2.45, 2.75) is 18.9 Å². The van der Waals surface area contributed by atoms with Crippen LogP contribution in [-0.4, -0.2) is 45.1 Å². The topological polar surface area (TPSA) is 81.7 Å². The Bertz CT molecular complexity index is 360. The predicted molar refractivity (Wildman–Crippen MR) is 55.2 cm³/mol. The fraction of sp³-hybridized carbons (Fsp3) is 0.889. The molecule has 0 aromatic rings. The second kappa shape index (κ2) is 4.68. The van der Waals surface area contributed by atoms with E-state index in [1.165, 1.54) is 0 Å². The Morgan fingerprint density at radius 2 is 2.19 bits per heavy atom. The molecule has 0 saturated carbocycles. The molecule has 6 nitrogen and oxygen atoms in total. The third-order valence-electron chi connectivity index (χ3n) is 2.82. The smallest absolute Gasteiger partial charge is 0.247 e. The summed E-state index contributed by atoms with van der Waals surface area (Å²) in [5.74, 6) is -0.777. The molecular formula is C9H15NO5S. The largest absolute Gasteiger partial charge is 0.379 e. The van der Waals surface area contributed by atoms with E-state index in [-0.39, 0.29) is 23.5 Å². The highest BCUT2D eigenvalue weighted by Crippen LogP contribution is 2.18.